The molecule has 0 saturated heterocycles. The highest BCUT2D eigenvalue weighted by molar-refractivity contribution is 7.80. The van der Waals surface area contributed by atoms with Crippen molar-refractivity contribution in [1.82, 2.24) is 4.90 Å². The van der Waals surface area contributed by atoms with E-state index in [-0.39, 0.29) is 6.54 Å². The molecule has 5 heteroatoms. The van der Waals surface area contributed by atoms with Gasteiger partial charge in [-0.1, -0.05) is 26.1 Å². The lowest BCUT2D eigenvalue weighted by molar-refractivity contribution is 0.0839. The SMILES string of the molecule is CC(C)CN(CCC(N)=S)CC(F)F. The highest BCUT2D eigenvalue weighted by atomic mass is 32.1. The minimum Gasteiger partial charge on any atom is -0.393 e. The molecule has 0 radical (unpaired) electrons. The molecule has 0 fully saturated rings. The summed E-state index contributed by atoms with van der Waals surface area (Å²) in [7, 11) is 0. The van der Waals surface area contributed by atoms with Gasteiger partial charge in [0.25, 0.3) is 6.43 Å². The minimum atomic E-state index is -2.29. The number of hydrogen-bond donors (Lipinski definition) is 1. The Balaban J connectivity index is 3.90. The predicted molar refractivity (Wildman–Crippen MR) is 58.7 cm³/mol. The summed E-state index contributed by atoms with van der Waals surface area (Å²) in [6.45, 7) is 4.99. The molecule has 0 aromatic rings. The van der Waals surface area contributed by atoms with Gasteiger partial charge in [-0.05, 0) is 5.92 Å². The number of thiocarbonyl (C=S) groups is 1. The Morgan fingerprint density at radius 3 is 2.29 bits per heavy atom. The number of halogens is 2. The van der Waals surface area contributed by atoms with Gasteiger partial charge in [0.2, 0.25) is 0 Å². The first-order valence-electron chi connectivity index (χ1n) is 4.70. The van der Waals surface area contributed by atoms with Crippen LogP contribution in [0, 0.1) is 5.92 Å². The maximum atomic E-state index is 12.2. The van der Waals surface area contributed by atoms with Crippen LogP contribution >= 0.6 is 12.2 Å². The van der Waals surface area contributed by atoms with Crippen molar-refractivity contribution in [2.75, 3.05) is 19.6 Å². The lowest BCUT2D eigenvalue weighted by atomic mass is 10.2. The highest BCUT2D eigenvalue weighted by Crippen LogP contribution is 2.04. The van der Waals surface area contributed by atoms with Crippen LogP contribution in [0.3, 0.4) is 0 Å². The van der Waals surface area contributed by atoms with Crippen LogP contribution in [0.5, 0.6) is 0 Å². The molecule has 0 atom stereocenters. The summed E-state index contributed by atoms with van der Waals surface area (Å²) < 4.78 is 24.3. The van der Waals surface area contributed by atoms with Gasteiger partial charge in [-0.15, -0.1) is 0 Å². The molecule has 84 valence electrons. The van der Waals surface area contributed by atoms with Crippen molar-refractivity contribution >= 4 is 17.2 Å². The average molecular weight is 224 g/mol. The Bertz CT molecular complexity index is 164. The highest BCUT2D eigenvalue weighted by Gasteiger charge is 2.13. The van der Waals surface area contributed by atoms with Crippen molar-refractivity contribution in [2.24, 2.45) is 11.7 Å². The number of nitrogens with zero attached hydrogens (tertiary/aromatic N) is 1. The van der Waals surface area contributed by atoms with Gasteiger partial charge in [-0.3, -0.25) is 4.90 Å². The molecule has 0 unspecified atom stereocenters. The molecule has 0 rings (SSSR count). The fourth-order valence-electron chi connectivity index (χ4n) is 1.24. The Morgan fingerprint density at radius 1 is 1.36 bits per heavy atom. The van der Waals surface area contributed by atoms with E-state index in [1.165, 1.54) is 0 Å². The van der Waals surface area contributed by atoms with Crippen LogP contribution in [0.1, 0.15) is 20.3 Å². The molecule has 0 aliphatic heterocycles. The van der Waals surface area contributed by atoms with Crippen LogP contribution in [0.25, 0.3) is 0 Å². The monoisotopic (exact) mass is 224 g/mol. The van der Waals surface area contributed by atoms with Gasteiger partial charge in [0.1, 0.15) is 0 Å². The first kappa shape index (κ1) is 13.7. The van der Waals surface area contributed by atoms with E-state index in [2.05, 4.69) is 0 Å². The van der Waals surface area contributed by atoms with Crippen LogP contribution in [0.4, 0.5) is 8.78 Å². The molecule has 0 heterocycles. The van der Waals surface area contributed by atoms with E-state index >= 15 is 0 Å². The second kappa shape index (κ2) is 7.06. The van der Waals surface area contributed by atoms with Crippen LogP contribution in [0.15, 0.2) is 0 Å². The first-order chi connectivity index (χ1) is 6.41. The molecule has 0 spiro atoms. The van der Waals surface area contributed by atoms with Crippen LogP contribution in [-0.2, 0) is 0 Å². The predicted octanol–water partition coefficient (Wildman–Crippen LogP) is 1.89. The third kappa shape index (κ3) is 8.31. The Hall–Kier alpha value is -0.290. The fourth-order valence-corrected chi connectivity index (χ4v) is 1.33. The first-order valence-corrected chi connectivity index (χ1v) is 5.11. The lowest BCUT2D eigenvalue weighted by Crippen LogP contribution is -2.34. The summed E-state index contributed by atoms with van der Waals surface area (Å²) in [5.74, 6) is 0.375. The largest absolute Gasteiger partial charge is 0.393 e. The van der Waals surface area contributed by atoms with E-state index < -0.39 is 6.43 Å². The van der Waals surface area contributed by atoms with Crippen LogP contribution in [-0.4, -0.2) is 35.9 Å². The Labute approximate surface area is 89.4 Å². The van der Waals surface area contributed by atoms with Gasteiger partial charge in [0, 0.05) is 19.5 Å². The molecular formula is C9H18F2N2S. The zero-order chi connectivity index (χ0) is 11.1. The zero-order valence-corrected chi connectivity index (χ0v) is 9.49. The molecule has 14 heavy (non-hydrogen) atoms. The number of hydrogen-bond acceptors (Lipinski definition) is 2. The van der Waals surface area contributed by atoms with Gasteiger partial charge in [-0.2, -0.15) is 0 Å². The van der Waals surface area contributed by atoms with E-state index in [0.717, 1.165) is 0 Å². The van der Waals surface area contributed by atoms with Crippen molar-refractivity contribution in [2.45, 2.75) is 26.7 Å². The second-order valence-corrected chi connectivity index (χ2v) is 4.29. The minimum absolute atomic E-state index is 0.194. The number of alkyl halides is 2. The summed E-state index contributed by atoms with van der Waals surface area (Å²) >= 11 is 4.70. The summed E-state index contributed by atoms with van der Waals surface area (Å²) in [4.78, 5) is 2.09. The molecule has 0 aromatic carbocycles. The molecule has 0 saturated carbocycles. The van der Waals surface area contributed by atoms with Gasteiger partial charge < -0.3 is 5.73 Å². The van der Waals surface area contributed by atoms with Crippen LogP contribution < -0.4 is 5.73 Å². The van der Waals surface area contributed by atoms with Crippen LogP contribution in [0.2, 0.25) is 0 Å². The van der Waals surface area contributed by atoms with E-state index in [4.69, 9.17) is 18.0 Å². The Morgan fingerprint density at radius 2 is 1.93 bits per heavy atom. The summed E-state index contributed by atoms with van der Waals surface area (Å²) in [6, 6.07) is 0. The number of rotatable bonds is 7. The quantitative estimate of drug-likeness (QED) is 0.670. The molecule has 0 aromatic heterocycles. The molecule has 0 aliphatic carbocycles. The molecular weight excluding hydrogens is 206 g/mol. The van der Waals surface area contributed by atoms with E-state index in [0.29, 0.717) is 30.4 Å². The summed E-state index contributed by atoms with van der Waals surface area (Å²) in [5, 5.41) is 0. The number of nitrogens with two attached hydrogens (primary N) is 1. The average Bonchev–Trinajstić information content (AvgIpc) is 1.97. The third-order valence-corrected chi connectivity index (χ3v) is 1.90. The van der Waals surface area contributed by atoms with E-state index in [9.17, 15) is 8.78 Å². The zero-order valence-electron chi connectivity index (χ0n) is 8.67. The van der Waals surface area contributed by atoms with Gasteiger partial charge >= 0.3 is 0 Å². The van der Waals surface area contributed by atoms with E-state index in [1.54, 1.807) is 4.90 Å². The van der Waals surface area contributed by atoms with Crippen molar-refractivity contribution in [1.29, 1.82) is 0 Å². The van der Waals surface area contributed by atoms with Gasteiger partial charge in [-0.25, -0.2) is 8.78 Å². The summed E-state index contributed by atoms with van der Waals surface area (Å²) in [6.07, 6.45) is -1.78. The lowest BCUT2D eigenvalue weighted by Gasteiger charge is -2.23. The van der Waals surface area contributed by atoms with Crippen molar-refractivity contribution in [3.05, 3.63) is 0 Å². The Kier molecular flexibility index (Phi) is 6.92. The fraction of sp³-hybridized carbons (Fsp3) is 0.889. The normalized spacial score (nSPS) is 11.6. The third-order valence-electron chi connectivity index (χ3n) is 1.69. The molecule has 2 nitrogen and oxygen atoms in total. The van der Waals surface area contributed by atoms with E-state index in [1.807, 2.05) is 13.8 Å². The second-order valence-electron chi connectivity index (χ2n) is 3.76. The van der Waals surface area contributed by atoms with Crippen molar-refractivity contribution < 1.29 is 8.78 Å². The van der Waals surface area contributed by atoms with Gasteiger partial charge in [0.15, 0.2) is 0 Å². The molecule has 0 aliphatic rings. The smallest absolute Gasteiger partial charge is 0.251 e. The topological polar surface area (TPSA) is 29.3 Å². The van der Waals surface area contributed by atoms with Gasteiger partial charge in [0.05, 0.1) is 11.5 Å². The maximum Gasteiger partial charge on any atom is 0.251 e. The molecule has 0 bridgehead atoms. The molecule has 0 amide bonds. The maximum absolute atomic E-state index is 12.2. The summed E-state index contributed by atoms with van der Waals surface area (Å²) in [5.41, 5.74) is 5.32. The van der Waals surface area contributed by atoms with Crippen molar-refractivity contribution in [3.63, 3.8) is 0 Å². The molecule has 2 N–H and O–H groups in total. The van der Waals surface area contributed by atoms with Crippen molar-refractivity contribution in [3.8, 4) is 0 Å². The standard InChI is InChI=1S/C9H18F2N2S/c1-7(2)5-13(6-8(10)11)4-3-9(12)14/h7-8H,3-6H2,1-2H3,(H2,12,14).